The zero-order chi connectivity index (χ0) is 23.1. The van der Waals surface area contributed by atoms with Crippen LogP contribution in [0.25, 0.3) is 0 Å². The van der Waals surface area contributed by atoms with Gasteiger partial charge in [0.25, 0.3) is 15.9 Å². The van der Waals surface area contributed by atoms with Crippen molar-refractivity contribution in [3.63, 3.8) is 0 Å². The molecule has 0 bridgehead atoms. The van der Waals surface area contributed by atoms with E-state index in [1.54, 1.807) is 13.2 Å². The lowest BCUT2D eigenvalue weighted by atomic mass is 10.2. The molecule has 0 heterocycles. The van der Waals surface area contributed by atoms with Crippen LogP contribution in [0.3, 0.4) is 0 Å². The Morgan fingerprint density at radius 3 is 2.31 bits per heavy atom. The van der Waals surface area contributed by atoms with Crippen molar-refractivity contribution in [1.82, 2.24) is 0 Å². The van der Waals surface area contributed by atoms with Crippen molar-refractivity contribution in [2.24, 2.45) is 0 Å². The van der Waals surface area contributed by atoms with Crippen LogP contribution in [-0.2, 0) is 14.8 Å². The number of carbonyl (C=O) groups excluding carboxylic acids is 1. The molecule has 0 spiro atoms. The van der Waals surface area contributed by atoms with Gasteiger partial charge in [-0.3, -0.25) is 9.52 Å². The van der Waals surface area contributed by atoms with Crippen LogP contribution in [0.5, 0.6) is 5.75 Å². The van der Waals surface area contributed by atoms with Crippen LogP contribution in [-0.4, -0.2) is 34.6 Å². The summed E-state index contributed by atoms with van der Waals surface area (Å²) in [5.74, 6) is -0.372. The number of methoxy groups -OCH3 is 1. The SMILES string of the molecule is COCCOc1cc(C)ccc1NC(=O)c1ccc(S(=O)(=O)Nc2ccc(F)cc2)cc1. The van der Waals surface area contributed by atoms with Gasteiger partial charge in [0.05, 0.1) is 17.2 Å². The molecule has 3 aromatic carbocycles. The molecule has 0 unspecified atom stereocenters. The predicted molar refractivity (Wildman–Crippen MR) is 120 cm³/mol. The largest absolute Gasteiger partial charge is 0.489 e. The standard InChI is InChI=1S/C23H23FN2O5S/c1-16-3-12-21(22(15-16)31-14-13-30-2)25-23(27)17-4-10-20(11-5-17)32(28,29)26-19-8-6-18(24)7-9-19/h3-12,15,26H,13-14H2,1-2H3,(H,25,27). The Morgan fingerprint density at radius 1 is 0.969 bits per heavy atom. The fraction of sp³-hybridized carbons (Fsp3) is 0.174. The average molecular weight is 459 g/mol. The van der Waals surface area contributed by atoms with E-state index in [9.17, 15) is 17.6 Å². The Hall–Kier alpha value is -3.43. The van der Waals surface area contributed by atoms with E-state index < -0.39 is 21.7 Å². The molecule has 168 valence electrons. The summed E-state index contributed by atoms with van der Waals surface area (Å²) in [6.07, 6.45) is 0. The van der Waals surface area contributed by atoms with Gasteiger partial charge in [-0.05, 0) is 73.2 Å². The van der Waals surface area contributed by atoms with Crippen molar-refractivity contribution in [2.45, 2.75) is 11.8 Å². The second-order valence-electron chi connectivity index (χ2n) is 6.93. The van der Waals surface area contributed by atoms with Crippen LogP contribution in [0.15, 0.2) is 71.6 Å². The van der Waals surface area contributed by atoms with Gasteiger partial charge in [0.15, 0.2) is 0 Å². The Balaban J connectivity index is 1.72. The number of rotatable bonds is 9. The van der Waals surface area contributed by atoms with Crippen LogP contribution in [0.4, 0.5) is 15.8 Å². The zero-order valence-electron chi connectivity index (χ0n) is 17.6. The summed E-state index contributed by atoms with van der Waals surface area (Å²) in [4.78, 5) is 12.6. The Morgan fingerprint density at radius 2 is 1.66 bits per heavy atom. The summed E-state index contributed by atoms with van der Waals surface area (Å²) in [7, 11) is -2.32. The van der Waals surface area contributed by atoms with Gasteiger partial charge in [-0.2, -0.15) is 0 Å². The number of halogens is 1. The molecule has 1 amide bonds. The molecule has 0 aliphatic carbocycles. The lowest BCUT2D eigenvalue weighted by Crippen LogP contribution is -2.15. The van der Waals surface area contributed by atoms with Gasteiger partial charge in [0.2, 0.25) is 0 Å². The molecule has 7 nitrogen and oxygen atoms in total. The number of hydrogen-bond acceptors (Lipinski definition) is 5. The molecular formula is C23H23FN2O5S. The first-order valence-electron chi connectivity index (χ1n) is 9.71. The van der Waals surface area contributed by atoms with Crippen LogP contribution in [0.1, 0.15) is 15.9 Å². The highest BCUT2D eigenvalue weighted by Gasteiger charge is 2.16. The topological polar surface area (TPSA) is 93.7 Å². The summed E-state index contributed by atoms with van der Waals surface area (Å²) in [6.45, 7) is 2.65. The van der Waals surface area contributed by atoms with E-state index in [4.69, 9.17) is 9.47 Å². The molecule has 0 atom stereocenters. The van der Waals surface area contributed by atoms with Crippen molar-refractivity contribution in [3.05, 3.63) is 83.7 Å². The van der Waals surface area contributed by atoms with Crippen LogP contribution >= 0.6 is 0 Å². The van der Waals surface area contributed by atoms with E-state index in [0.717, 1.165) is 17.7 Å². The number of aryl methyl sites for hydroxylation is 1. The Labute approximate surface area is 186 Å². The van der Waals surface area contributed by atoms with Crippen molar-refractivity contribution < 1.29 is 27.1 Å². The van der Waals surface area contributed by atoms with Gasteiger partial charge in [-0.1, -0.05) is 6.07 Å². The van der Waals surface area contributed by atoms with Gasteiger partial charge < -0.3 is 14.8 Å². The third-order valence-corrected chi connectivity index (χ3v) is 5.85. The molecule has 2 N–H and O–H groups in total. The second-order valence-corrected chi connectivity index (χ2v) is 8.61. The third kappa shape index (κ3) is 6.05. The third-order valence-electron chi connectivity index (χ3n) is 4.45. The number of sulfonamides is 1. The van der Waals surface area contributed by atoms with E-state index in [1.807, 2.05) is 19.1 Å². The smallest absolute Gasteiger partial charge is 0.261 e. The minimum absolute atomic E-state index is 0.0303. The normalized spacial score (nSPS) is 11.1. The first-order valence-corrected chi connectivity index (χ1v) is 11.2. The maximum Gasteiger partial charge on any atom is 0.261 e. The fourth-order valence-corrected chi connectivity index (χ4v) is 3.86. The van der Waals surface area contributed by atoms with E-state index in [-0.39, 0.29) is 16.1 Å². The zero-order valence-corrected chi connectivity index (χ0v) is 18.4. The minimum Gasteiger partial charge on any atom is -0.489 e. The number of anilines is 2. The summed E-state index contributed by atoms with van der Waals surface area (Å²) in [5.41, 5.74) is 1.97. The molecule has 0 saturated carbocycles. The van der Waals surface area contributed by atoms with Crippen molar-refractivity contribution >= 4 is 27.3 Å². The Kier molecular flexibility index (Phi) is 7.45. The van der Waals surface area contributed by atoms with Gasteiger partial charge in [0, 0.05) is 18.4 Å². The van der Waals surface area contributed by atoms with Crippen LogP contribution in [0.2, 0.25) is 0 Å². The van der Waals surface area contributed by atoms with Crippen molar-refractivity contribution in [3.8, 4) is 5.75 Å². The molecule has 32 heavy (non-hydrogen) atoms. The number of hydrogen-bond donors (Lipinski definition) is 2. The highest BCUT2D eigenvalue weighted by molar-refractivity contribution is 7.92. The van der Waals surface area contributed by atoms with Crippen LogP contribution in [0, 0.1) is 12.7 Å². The van der Waals surface area contributed by atoms with Crippen molar-refractivity contribution in [1.29, 1.82) is 0 Å². The first-order chi connectivity index (χ1) is 15.3. The van der Waals surface area contributed by atoms with Crippen LogP contribution < -0.4 is 14.8 Å². The number of ether oxygens (including phenoxy) is 2. The van der Waals surface area contributed by atoms with Crippen molar-refractivity contribution in [2.75, 3.05) is 30.4 Å². The fourth-order valence-electron chi connectivity index (χ4n) is 2.80. The number of amides is 1. The van der Waals surface area contributed by atoms with E-state index >= 15 is 0 Å². The Bertz CT molecular complexity index is 1180. The highest BCUT2D eigenvalue weighted by atomic mass is 32.2. The first kappa shape index (κ1) is 23.2. The average Bonchev–Trinajstić information content (AvgIpc) is 2.77. The van der Waals surface area contributed by atoms with E-state index in [0.29, 0.717) is 24.7 Å². The summed E-state index contributed by atoms with van der Waals surface area (Å²) < 4.78 is 51.1. The van der Waals surface area contributed by atoms with E-state index in [1.165, 1.54) is 36.4 Å². The van der Waals surface area contributed by atoms with Gasteiger partial charge in [-0.25, -0.2) is 12.8 Å². The molecule has 0 radical (unpaired) electrons. The quantitative estimate of drug-likeness (QED) is 0.469. The summed E-state index contributed by atoms with van der Waals surface area (Å²) in [5, 5.41) is 2.78. The lowest BCUT2D eigenvalue weighted by molar-refractivity contribution is 0.102. The van der Waals surface area contributed by atoms with E-state index in [2.05, 4.69) is 10.0 Å². The monoisotopic (exact) mass is 458 g/mol. The number of carbonyl (C=O) groups is 1. The minimum atomic E-state index is -3.89. The summed E-state index contributed by atoms with van der Waals surface area (Å²) in [6, 6.07) is 15.8. The predicted octanol–water partition coefficient (Wildman–Crippen LogP) is 4.21. The molecular weight excluding hydrogens is 435 g/mol. The molecule has 0 fully saturated rings. The highest BCUT2D eigenvalue weighted by Crippen LogP contribution is 2.26. The molecule has 0 aliphatic rings. The molecule has 3 aromatic rings. The number of benzene rings is 3. The van der Waals surface area contributed by atoms with Gasteiger partial charge in [-0.15, -0.1) is 0 Å². The lowest BCUT2D eigenvalue weighted by Gasteiger charge is -2.13. The molecule has 0 saturated heterocycles. The maximum absolute atomic E-state index is 13.0. The van der Waals surface area contributed by atoms with Gasteiger partial charge in [0.1, 0.15) is 18.2 Å². The maximum atomic E-state index is 13.0. The van der Waals surface area contributed by atoms with Gasteiger partial charge >= 0.3 is 0 Å². The molecule has 0 aliphatic heterocycles. The molecule has 0 aromatic heterocycles. The molecule has 9 heteroatoms. The number of nitrogens with one attached hydrogen (secondary N) is 2. The second kappa shape index (κ2) is 10.3. The summed E-state index contributed by atoms with van der Waals surface area (Å²) >= 11 is 0. The molecule has 3 rings (SSSR count).